The van der Waals surface area contributed by atoms with E-state index in [9.17, 15) is 13.2 Å². The van der Waals surface area contributed by atoms with Crippen molar-refractivity contribution in [1.82, 2.24) is 15.5 Å². The maximum absolute atomic E-state index is 11.7. The van der Waals surface area contributed by atoms with Crippen LogP contribution in [0.15, 0.2) is 12.1 Å². The van der Waals surface area contributed by atoms with Gasteiger partial charge in [0.25, 0.3) is 5.91 Å². The van der Waals surface area contributed by atoms with Crippen LogP contribution in [0.1, 0.15) is 30.8 Å². The quantitative estimate of drug-likeness (QED) is 0.824. The summed E-state index contributed by atoms with van der Waals surface area (Å²) in [5.41, 5.74) is 0.239. The van der Waals surface area contributed by atoms with Crippen LogP contribution in [-0.4, -0.2) is 48.1 Å². The lowest BCUT2D eigenvalue weighted by Gasteiger charge is -2.11. The molecule has 1 unspecified atom stereocenters. The van der Waals surface area contributed by atoms with E-state index in [1.54, 1.807) is 12.1 Å². The van der Waals surface area contributed by atoms with Gasteiger partial charge in [0.1, 0.15) is 5.82 Å². The van der Waals surface area contributed by atoms with E-state index in [-0.39, 0.29) is 35.2 Å². The summed E-state index contributed by atoms with van der Waals surface area (Å²) in [6.45, 7) is 3.73. The van der Waals surface area contributed by atoms with Gasteiger partial charge in [0.15, 0.2) is 15.5 Å². The number of aromatic nitrogens is 2. The highest BCUT2D eigenvalue weighted by atomic mass is 32.2. The van der Waals surface area contributed by atoms with Gasteiger partial charge in [0.2, 0.25) is 0 Å². The third kappa shape index (κ3) is 3.89. The van der Waals surface area contributed by atoms with E-state index >= 15 is 0 Å². The molecule has 110 valence electrons. The van der Waals surface area contributed by atoms with Crippen LogP contribution in [0.5, 0.6) is 0 Å². The molecule has 0 aromatic carbocycles. The summed E-state index contributed by atoms with van der Waals surface area (Å²) < 4.78 is 22.7. The van der Waals surface area contributed by atoms with Crippen LogP contribution >= 0.6 is 0 Å². The molecule has 2 N–H and O–H groups in total. The van der Waals surface area contributed by atoms with Crippen LogP contribution in [0.25, 0.3) is 0 Å². The van der Waals surface area contributed by atoms with Crippen LogP contribution in [0.4, 0.5) is 5.82 Å². The molecular weight excluding hydrogens is 280 g/mol. The SMILES string of the molecule is CC(C)NC(=O)c1ccc(NC2CCS(=O)(=O)C2)nn1. The summed E-state index contributed by atoms with van der Waals surface area (Å²) in [7, 11) is -2.93. The zero-order valence-corrected chi connectivity index (χ0v) is 12.3. The highest BCUT2D eigenvalue weighted by Crippen LogP contribution is 2.15. The molecule has 1 aliphatic heterocycles. The number of nitrogens with zero attached hydrogens (tertiary/aromatic N) is 2. The van der Waals surface area contributed by atoms with Gasteiger partial charge in [-0.05, 0) is 32.4 Å². The van der Waals surface area contributed by atoms with E-state index in [1.165, 1.54) is 0 Å². The van der Waals surface area contributed by atoms with Gasteiger partial charge in [0, 0.05) is 12.1 Å². The molecule has 2 heterocycles. The second kappa shape index (κ2) is 5.74. The predicted molar refractivity (Wildman–Crippen MR) is 75.3 cm³/mol. The molecule has 1 amide bonds. The number of carbonyl (C=O) groups excluding carboxylic acids is 1. The molecule has 20 heavy (non-hydrogen) atoms. The summed E-state index contributed by atoms with van der Waals surface area (Å²) in [5.74, 6) is 0.521. The fourth-order valence-corrected chi connectivity index (χ4v) is 3.66. The van der Waals surface area contributed by atoms with E-state index in [0.29, 0.717) is 12.2 Å². The van der Waals surface area contributed by atoms with Crippen molar-refractivity contribution in [3.8, 4) is 0 Å². The third-order valence-electron chi connectivity index (χ3n) is 2.90. The molecule has 0 bridgehead atoms. The van der Waals surface area contributed by atoms with E-state index in [4.69, 9.17) is 0 Å². The maximum atomic E-state index is 11.7. The van der Waals surface area contributed by atoms with Crippen LogP contribution < -0.4 is 10.6 Å². The summed E-state index contributed by atoms with van der Waals surface area (Å²) >= 11 is 0. The Morgan fingerprint density at radius 1 is 1.35 bits per heavy atom. The normalized spacial score (nSPS) is 20.9. The van der Waals surface area contributed by atoms with Crippen molar-refractivity contribution in [2.45, 2.75) is 32.4 Å². The minimum atomic E-state index is -2.93. The standard InChI is InChI=1S/C12H18N4O3S/c1-8(2)13-12(17)10-3-4-11(16-15-10)14-9-5-6-20(18,19)7-9/h3-4,8-9H,5-7H2,1-2H3,(H,13,17)(H,14,16). The first-order valence-electron chi connectivity index (χ1n) is 6.47. The van der Waals surface area contributed by atoms with Crippen molar-refractivity contribution in [2.75, 3.05) is 16.8 Å². The minimum Gasteiger partial charge on any atom is -0.365 e. The lowest BCUT2D eigenvalue weighted by atomic mass is 10.2. The summed E-state index contributed by atoms with van der Waals surface area (Å²) in [6.07, 6.45) is 0.569. The zero-order valence-electron chi connectivity index (χ0n) is 11.5. The Morgan fingerprint density at radius 3 is 2.60 bits per heavy atom. The number of nitrogens with one attached hydrogen (secondary N) is 2. The average Bonchev–Trinajstić information content (AvgIpc) is 2.68. The number of rotatable bonds is 4. The van der Waals surface area contributed by atoms with E-state index in [0.717, 1.165) is 0 Å². The number of sulfone groups is 1. The number of amides is 1. The lowest BCUT2D eigenvalue weighted by Crippen LogP contribution is -2.31. The van der Waals surface area contributed by atoms with Crippen molar-refractivity contribution in [3.05, 3.63) is 17.8 Å². The minimum absolute atomic E-state index is 0.0331. The Hall–Kier alpha value is -1.70. The molecule has 7 nitrogen and oxygen atoms in total. The Bertz CT molecular complexity index is 583. The van der Waals surface area contributed by atoms with E-state index < -0.39 is 9.84 Å². The molecular formula is C12H18N4O3S. The summed E-state index contributed by atoms with van der Waals surface area (Å²) in [6, 6.07) is 3.10. The van der Waals surface area contributed by atoms with Crippen molar-refractivity contribution < 1.29 is 13.2 Å². The Balaban J connectivity index is 1.97. The second-order valence-corrected chi connectivity index (χ2v) is 7.40. The fourth-order valence-electron chi connectivity index (χ4n) is 1.98. The largest absolute Gasteiger partial charge is 0.365 e. The smallest absolute Gasteiger partial charge is 0.271 e. The first kappa shape index (κ1) is 14.7. The Morgan fingerprint density at radius 2 is 2.10 bits per heavy atom. The molecule has 1 aliphatic rings. The van der Waals surface area contributed by atoms with Crippen LogP contribution in [-0.2, 0) is 9.84 Å². The zero-order chi connectivity index (χ0) is 14.8. The van der Waals surface area contributed by atoms with Crippen molar-refractivity contribution in [1.29, 1.82) is 0 Å². The van der Waals surface area contributed by atoms with Crippen LogP contribution in [0.3, 0.4) is 0 Å². The van der Waals surface area contributed by atoms with Crippen molar-refractivity contribution in [3.63, 3.8) is 0 Å². The molecule has 0 aliphatic carbocycles. The van der Waals surface area contributed by atoms with Crippen LogP contribution in [0.2, 0.25) is 0 Å². The predicted octanol–water partition coefficient (Wildman–Crippen LogP) is 0.214. The second-order valence-electron chi connectivity index (χ2n) is 5.18. The fraction of sp³-hybridized carbons (Fsp3) is 0.583. The Kier molecular flexibility index (Phi) is 4.22. The lowest BCUT2D eigenvalue weighted by molar-refractivity contribution is 0.0937. The number of hydrogen-bond donors (Lipinski definition) is 2. The summed E-state index contributed by atoms with van der Waals surface area (Å²) in [5, 5.41) is 13.5. The molecule has 1 aromatic heterocycles. The van der Waals surface area contributed by atoms with Crippen molar-refractivity contribution >= 4 is 21.6 Å². The molecule has 2 rings (SSSR count). The van der Waals surface area contributed by atoms with Gasteiger partial charge in [-0.1, -0.05) is 0 Å². The van der Waals surface area contributed by atoms with E-state index in [2.05, 4.69) is 20.8 Å². The number of hydrogen-bond acceptors (Lipinski definition) is 6. The molecule has 1 aromatic rings. The monoisotopic (exact) mass is 298 g/mol. The number of anilines is 1. The van der Waals surface area contributed by atoms with Gasteiger partial charge in [-0.15, -0.1) is 10.2 Å². The molecule has 8 heteroatoms. The first-order valence-corrected chi connectivity index (χ1v) is 8.29. The topological polar surface area (TPSA) is 101 Å². The van der Waals surface area contributed by atoms with Gasteiger partial charge >= 0.3 is 0 Å². The van der Waals surface area contributed by atoms with E-state index in [1.807, 2.05) is 13.8 Å². The number of carbonyl (C=O) groups is 1. The first-order chi connectivity index (χ1) is 9.35. The maximum Gasteiger partial charge on any atom is 0.271 e. The van der Waals surface area contributed by atoms with Gasteiger partial charge in [-0.3, -0.25) is 4.79 Å². The average molecular weight is 298 g/mol. The Labute approximate surface area is 118 Å². The summed E-state index contributed by atoms with van der Waals surface area (Å²) in [4.78, 5) is 11.7. The molecule has 0 spiro atoms. The van der Waals surface area contributed by atoms with Gasteiger partial charge < -0.3 is 10.6 Å². The highest BCUT2D eigenvalue weighted by molar-refractivity contribution is 7.91. The van der Waals surface area contributed by atoms with Gasteiger partial charge in [0.05, 0.1) is 11.5 Å². The molecule has 1 atom stereocenters. The van der Waals surface area contributed by atoms with Crippen molar-refractivity contribution in [2.24, 2.45) is 0 Å². The molecule has 1 saturated heterocycles. The molecule has 0 radical (unpaired) electrons. The molecule has 1 fully saturated rings. The molecule has 0 saturated carbocycles. The highest BCUT2D eigenvalue weighted by Gasteiger charge is 2.27. The third-order valence-corrected chi connectivity index (χ3v) is 4.67. The van der Waals surface area contributed by atoms with Crippen LogP contribution in [0, 0.1) is 0 Å². The van der Waals surface area contributed by atoms with Gasteiger partial charge in [-0.25, -0.2) is 8.42 Å². The van der Waals surface area contributed by atoms with Gasteiger partial charge in [-0.2, -0.15) is 0 Å².